The van der Waals surface area contributed by atoms with Gasteiger partial charge in [0, 0.05) is 45.3 Å². The van der Waals surface area contributed by atoms with E-state index in [1.165, 1.54) is 43.4 Å². The van der Waals surface area contributed by atoms with Crippen LogP contribution in [0, 0.1) is 69.0 Å². The number of piperidine rings is 1. The maximum atomic E-state index is 13.3. The van der Waals surface area contributed by atoms with Gasteiger partial charge in [0.25, 0.3) is 0 Å². The minimum Gasteiger partial charge on any atom is -0.352 e. The molecular weight excluding hydrogens is 991 g/mol. The number of carbonyl (C=O) groups is 4. The summed E-state index contributed by atoms with van der Waals surface area (Å²) in [6, 6.07) is 10.9. The molecule has 7 fully saturated rings. The molecule has 8 aliphatic rings. The first-order chi connectivity index (χ1) is 30.6. The maximum Gasteiger partial charge on any atom is 1.00 e. The topological polar surface area (TPSA) is 209 Å². The molecule has 4 amide bonds. The van der Waals surface area contributed by atoms with E-state index in [0.29, 0.717) is 41.5 Å². The van der Waals surface area contributed by atoms with Gasteiger partial charge >= 0.3 is 29.6 Å². The number of carbonyl (C=O) groups excluding carboxylic acids is 4. The van der Waals surface area contributed by atoms with Crippen molar-refractivity contribution < 1.29 is 82.6 Å². The molecule has 2 aliphatic heterocycles. The van der Waals surface area contributed by atoms with Crippen LogP contribution in [-0.2, 0) is 19.2 Å². The molecule has 15 atom stereocenters. The van der Waals surface area contributed by atoms with Crippen LogP contribution in [0.25, 0.3) is 0 Å². The molecule has 6 aliphatic carbocycles. The average molecular weight is 1070 g/mol. The molecule has 368 valence electrons. The summed E-state index contributed by atoms with van der Waals surface area (Å²) in [6.07, 6.45) is 18.5. The van der Waals surface area contributed by atoms with Crippen molar-refractivity contribution in [2.75, 3.05) is 0 Å². The third kappa shape index (κ3) is 11.7. The minimum absolute atomic E-state index is 0. The quantitative estimate of drug-likeness (QED) is 0.213. The van der Waals surface area contributed by atoms with Crippen molar-refractivity contribution in [1.29, 1.82) is 0 Å². The van der Waals surface area contributed by atoms with Crippen LogP contribution in [0.4, 0.5) is 0 Å². The smallest absolute Gasteiger partial charge is 0.352 e. The van der Waals surface area contributed by atoms with E-state index in [0.717, 1.165) is 44.9 Å². The molecule has 0 spiro atoms. The molecule has 4 N–H and O–H groups in total. The minimum atomic E-state index is -5.94. The molecule has 0 radical (unpaired) electrons. The van der Waals surface area contributed by atoms with Crippen molar-refractivity contribution in [3.8, 4) is 0 Å². The van der Waals surface area contributed by atoms with Crippen LogP contribution < -0.4 is 84.7 Å². The van der Waals surface area contributed by atoms with Gasteiger partial charge in [-0.05, 0) is 195 Å². The zero-order valence-corrected chi connectivity index (χ0v) is 47.1. The summed E-state index contributed by atoms with van der Waals surface area (Å²) in [7, 11) is 0. The molecular formula is C52H78IN4NaO8S. The van der Waals surface area contributed by atoms with Crippen molar-refractivity contribution in [2.45, 2.75) is 186 Å². The molecule has 67 heavy (non-hydrogen) atoms. The largest absolute Gasteiger partial charge is 1.00 e. The number of fused-ring (bicyclic) bond motifs is 10. The third-order valence-corrected chi connectivity index (χ3v) is 19.6. The van der Waals surface area contributed by atoms with E-state index in [2.05, 4.69) is 121 Å². The summed E-state index contributed by atoms with van der Waals surface area (Å²) in [4.78, 5) is 52.4. The molecule has 12 nitrogen and oxygen atoms in total. The number of hydrogen-bond donors (Lipinski definition) is 4. The van der Waals surface area contributed by atoms with Crippen LogP contribution in [0.5, 0.6) is 0 Å². The number of nitrogens with one attached hydrogen (secondary N) is 4. The van der Waals surface area contributed by atoms with Gasteiger partial charge in [0.2, 0.25) is 23.6 Å². The van der Waals surface area contributed by atoms with Gasteiger partial charge < -0.3 is 21.3 Å². The van der Waals surface area contributed by atoms with Crippen molar-refractivity contribution >= 4 is 35.4 Å². The fourth-order valence-corrected chi connectivity index (χ4v) is 16.9. The molecule has 15 heteroatoms. The fraction of sp³-hybridized carbons (Fsp3) is 0.769. The van der Waals surface area contributed by atoms with E-state index >= 15 is 0 Å². The van der Waals surface area contributed by atoms with Gasteiger partial charge in [0.1, 0.15) is 20.1 Å². The van der Waals surface area contributed by atoms with Crippen LogP contribution in [0.3, 0.4) is 0 Å². The van der Waals surface area contributed by atoms with Crippen molar-refractivity contribution in [2.24, 2.45) is 69.0 Å². The van der Waals surface area contributed by atoms with Gasteiger partial charge in [-0.3, -0.25) is 32.9 Å². The van der Waals surface area contributed by atoms with E-state index in [9.17, 15) is 19.2 Å². The Bertz CT molecular complexity index is 2000. The van der Waals surface area contributed by atoms with Crippen LogP contribution >= 0.6 is 11.8 Å². The normalized spacial score (nSPS) is 40.6. The number of benzene rings is 1. The number of hydrogen-bond acceptors (Lipinski definition) is 9. The SMILES string of the molecule is CC(C)(C)NC(=O)[C@H]1CCC2C3CCC4NC(=O)C(Sc5ccccc5)C[C@]4(C)C3CC[C@@]21C.CC(C)(C)NC(=O)[C@H]1CCC2C3CCC4NC(=O)C=C[C@]4(C)C3CC[C@@]21C.[Na+].[O-][I+3]([O-])([O-])[O-]. The number of thioether (sulfide) groups is 1. The Labute approximate surface area is 433 Å². The van der Waals surface area contributed by atoms with Crippen LogP contribution in [0.15, 0.2) is 47.4 Å². The Balaban J connectivity index is 0.000000202. The molecule has 2 heterocycles. The Morgan fingerprint density at radius 1 is 0.642 bits per heavy atom. The van der Waals surface area contributed by atoms with Gasteiger partial charge in [0.05, 0.1) is 5.25 Å². The average Bonchev–Trinajstić information content (AvgIpc) is 3.74. The maximum absolute atomic E-state index is 13.3. The van der Waals surface area contributed by atoms with E-state index < -0.39 is 20.1 Å². The molecule has 9 rings (SSSR count). The predicted molar refractivity (Wildman–Crippen MR) is 245 cm³/mol. The van der Waals surface area contributed by atoms with E-state index in [1.54, 1.807) is 17.8 Å². The fourth-order valence-electron chi connectivity index (χ4n) is 15.6. The van der Waals surface area contributed by atoms with Gasteiger partial charge in [0.15, 0.2) is 0 Å². The molecule has 1 aromatic carbocycles. The monoisotopic (exact) mass is 1070 g/mol. The molecule has 9 unspecified atom stereocenters. The summed E-state index contributed by atoms with van der Waals surface area (Å²) in [6.45, 7) is 22.1. The molecule has 0 aromatic heterocycles. The zero-order valence-electron chi connectivity index (χ0n) is 42.1. The van der Waals surface area contributed by atoms with Gasteiger partial charge in [-0.15, -0.1) is 11.8 Å². The first kappa shape index (κ1) is 55.1. The van der Waals surface area contributed by atoms with Crippen molar-refractivity contribution in [3.63, 3.8) is 0 Å². The van der Waals surface area contributed by atoms with Crippen LogP contribution in [0.2, 0.25) is 0 Å². The Hall–Kier alpha value is -1.24. The Morgan fingerprint density at radius 3 is 1.61 bits per heavy atom. The number of amides is 4. The summed E-state index contributed by atoms with van der Waals surface area (Å²) < 4.78 is 34.5. The third-order valence-electron chi connectivity index (χ3n) is 18.4. The summed E-state index contributed by atoms with van der Waals surface area (Å²) in [5, 5.41) is 13.2. The standard InChI is InChI=1S/C29H42N2O2S.C23H36N2O2.IO4.Na/c1-27(2,3)31-25(32)22-13-12-20-19-11-14-24-29(5,21(19)15-16-28(20,22)4)17-23(26(33)30-24)34-18-9-7-6-8-10-18;1-21(2,3)25-20(27)17-8-7-15-14-6-9-18-23(5,13-11-19(26)24-18)16(14)10-12-22(15,17)4;2-1(3,4)5;/h6-10,19-24H,11-17H2,1-5H3,(H,30,33)(H,31,32);11,13-18H,6-10,12H2,1-5H3,(H,24,26)(H,25,27);;/q;;-1;+1/t19?,20?,21?,22-,23?,24?,28+,29-;14?,15?,16?,17-,18?,22+,23-;;/m11../s1. The zero-order chi connectivity index (χ0) is 48.4. The Morgan fingerprint density at radius 2 is 1.10 bits per heavy atom. The van der Waals surface area contributed by atoms with Crippen molar-refractivity contribution in [1.82, 2.24) is 21.3 Å². The first-order valence-electron chi connectivity index (χ1n) is 24.8. The van der Waals surface area contributed by atoms with E-state index in [-0.39, 0.29) is 109 Å². The van der Waals surface area contributed by atoms with E-state index in [1.807, 2.05) is 6.07 Å². The first-order valence-corrected chi connectivity index (χ1v) is 29.2. The summed E-state index contributed by atoms with van der Waals surface area (Å²) in [5.74, 6) is 4.95. The number of halogens is 1. The van der Waals surface area contributed by atoms with E-state index in [4.69, 9.17) is 13.7 Å². The van der Waals surface area contributed by atoms with Crippen LogP contribution in [0.1, 0.15) is 153 Å². The second kappa shape index (κ2) is 20.3. The molecule has 1 aromatic rings. The van der Waals surface area contributed by atoms with Crippen molar-refractivity contribution in [3.05, 3.63) is 42.5 Å². The van der Waals surface area contributed by atoms with Gasteiger partial charge in [-0.25, -0.2) is 0 Å². The Kier molecular flexibility index (Phi) is 16.7. The van der Waals surface area contributed by atoms with Gasteiger partial charge in [-0.1, -0.05) is 52.0 Å². The molecule has 0 bridgehead atoms. The predicted octanol–water partition coefficient (Wildman–Crippen LogP) is -1.12. The summed E-state index contributed by atoms with van der Waals surface area (Å²) >= 11 is -4.21. The van der Waals surface area contributed by atoms with Crippen LogP contribution in [-0.4, -0.2) is 52.0 Å². The number of rotatable bonds is 4. The second-order valence-electron chi connectivity index (χ2n) is 24.6. The second-order valence-corrected chi connectivity index (χ2v) is 28.0. The van der Waals surface area contributed by atoms with Gasteiger partial charge in [-0.2, -0.15) is 0 Å². The molecule has 1 saturated heterocycles. The molecule has 6 saturated carbocycles. The summed E-state index contributed by atoms with van der Waals surface area (Å²) in [5.41, 5.74) is 0.0940.